The average Bonchev–Trinajstić information content (AvgIpc) is 2.99. The molecule has 0 saturated carbocycles. The van der Waals surface area contributed by atoms with E-state index in [1.54, 1.807) is 17.0 Å². The SMILES string of the molecule is O=C1NCC(=O)N2Cc3c(c4ccccc4n3Cc3ccc(F)cc3)CC12. The fraction of sp³-hybridized carbons (Fsp3) is 0.238. The van der Waals surface area contributed by atoms with E-state index < -0.39 is 6.04 Å². The molecule has 1 fully saturated rings. The third-order valence-corrected chi connectivity index (χ3v) is 5.58. The second kappa shape index (κ2) is 5.94. The third kappa shape index (κ3) is 2.51. The van der Waals surface area contributed by atoms with Crippen LogP contribution in [0.4, 0.5) is 4.39 Å². The number of aromatic nitrogens is 1. The summed E-state index contributed by atoms with van der Waals surface area (Å²) in [5.74, 6) is -0.398. The molecule has 2 aliphatic heterocycles. The Kier molecular flexibility index (Phi) is 3.53. The van der Waals surface area contributed by atoms with Crippen molar-refractivity contribution in [2.75, 3.05) is 6.54 Å². The Labute approximate surface area is 155 Å². The van der Waals surface area contributed by atoms with Gasteiger partial charge in [-0.1, -0.05) is 30.3 Å². The molecule has 0 aliphatic carbocycles. The van der Waals surface area contributed by atoms with Crippen LogP contribution in [0.2, 0.25) is 0 Å². The summed E-state index contributed by atoms with van der Waals surface area (Å²) in [4.78, 5) is 26.4. The van der Waals surface area contributed by atoms with Crippen LogP contribution in [0.1, 0.15) is 16.8 Å². The number of amides is 2. The van der Waals surface area contributed by atoms with E-state index in [0.29, 0.717) is 19.5 Å². The van der Waals surface area contributed by atoms with E-state index in [9.17, 15) is 14.0 Å². The zero-order valence-corrected chi connectivity index (χ0v) is 14.6. The number of hydrogen-bond donors (Lipinski definition) is 1. The van der Waals surface area contributed by atoms with Crippen LogP contribution in [0.5, 0.6) is 0 Å². The van der Waals surface area contributed by atoms with Gasteiger partial charge in [0.15, 0.2) is 0 Å². The normalized spacial score (nSPS) is 19.0. The van der Waals surface area contributed by atoms with E-state index in [4.69, 9.17) is 0 Å². The number of rotatable bonds is 2. The Bertz CT molecular complexity index is 1070. The number of piperazine rings is 1. The van der Waals surface area contributed by atoms with Crippen LogP contribution in [0, 0.1) is 5.82 Å². The highest BCUT2D eigenvalue weighted by Gasteiger charge is 2.40. The van der Waals surface area contributed by atoms with Crippen molar-refractivity contribution in [3.8, 4) is 0 Å². The average molecular weight is 363 g/mol. The maximum atomic E-state index is 13.3. The molecule has 0 spiro atoms. The predicted octanol–water partition coefficient (Wildman–Crippen LogP) is 2.21. The lowest BCUT2D eigenvalue weighted by molar-refractivity contribution is -0.146. The van der Waals surface area contributed by atoms with Crippen molar-refractivity contribution in [3.63, 3.8) is 0 Å². The molecule has 1 atom stereocenters. The zero-order valence-electron chi connectivity index (χ0n) is 14.6. The molecule has 3 aromatic rings. The fourth-order valence-corrected chi connectivity index (χ4v) is 4.24. The minimum absolute atomic E-state index is 0.0520. The van der Waals surface area contributed by atoms with Gasteiger partial charge < -0.3 is 14.8 Å². The van der Waals surface area contributed by atoms with E-state index in [2.05, 4.69) is 22.0 Å². The quantitative estimate of drug-likeness (QED) is 0.759. The maximum Gasteiger partial charge on any atom is 0.243 e. The van der Waals surface area contributed by atoms with Gasteiger partial charge in [-0.05, 0) is 29.3 Å². The molecule has 27 heavy (non-hydrogen) atoms. The Morgan fingerprint density at radius 2 is 1.85 bits per heavy atom. The van der Waals surface area contributed by atoms with E-state index >= 15 is 0 Å². The van der Waals surface area contributed by atoms with Gasteiger partial charge in [-0.25, -0.2) is 4.39 Å². The van der Waals surface area contributed by atoms with Gasteiger partial charge in [0.2, 0.25) is 11.8 Å². The first kappa shape index (κ1) is 16.1. The van der Waals surface area contributed by atoms with Gasteiger partial charge in [-0.15, -0.1) is 0 Å². The summed E-state index contributed by atoms with van der Waals surface area (Å²) in [5.41, 5.74) is 4.24. The first-order chi connectivity index (χ1) is 13.1. The largest absolute Gasteiger partial charge is 0.345 e. The first-order valence-corrected chi connectivity index (χ1v) is 9.02. The molecule has 136 valence electrons. The highest BCUT2D eigenvalue weighted by molar-refractivity contribution is 5.96. The number of halogens is 1. The minimum atomic E-state index is -0.441. The highest BCUT2D eigenvalue weighted by atomic mass is 19.1. The number of fused-ring (bicyclic) bond motifs is 4. The molecular formula is C21H18FN3O2. The number of nitrogens with zero attached hydrogens (tertiary/aromatic N) is 2. The second-order valence-corrected chi connectivity index (χ2v) is 7.11. The summed E-state index contributed by atoms with van der Waals surface area (Å²) in [6.07, 6.45) is 0.518. The molecule has 2 aromatic carbocycles. The van der Waals surface area contributed by atoms with Gasteiger partial charge >= 0.3 is 0 Å². The molecule has 5 nitrogen and oxygen atoms in total. The van der Waals surface area contributed by atoms with E-state index in [-0.39, 0.29) is 24.2 Å². The molecule has 3 heterocycles. The lowest BCUT2D eigenvalue weighted by Gasteiger charge is -2.38. The second-order valence-electron chi connectivity index (χ2n) is 7.11. The smallest absolute Gasteiger partial charge is 0.243 e. The van der Waals surface area contributed by atoms with Crippen molar-refractivity contribution in [2.45, 2.75) is 25.6 Å². The number of nitrogens with one attached hydrogen (secondary N) is 1. The van der Waals surface area contributed by atoms with Gasteiger partial charge in [-0.3, -0.25) is 9.59 Å². The molecule has 0 bridgehead atoms. The highest BCUT2D eigenvalue weighted by Crippen LogP contribution is 2.34. The van der Waals surface area contributed by atoms with Crippen LogP contribution in [0.25, 0.3) is 10.9 Å². The summed E-state index contributed by atoms with van der Waals surface area (Å²) in [7, 11) is 0. The summed E-state index contributed by atoms with van der Waals surface area (Å²) in [5, 5.41) is 3.80. The van der Waals surface area contributed by atoms with Crippen LogP contribution in [0.3, 0.4) is 0 Å². The lowest BCUT2D eigenvalue weighted by Crippen LogP contribution is -2.60. The van der Waals surface area contributed by atoms with Gasteiger partial charge in [0.25, 0.3) is 0 Å². The van der Waals surface area contributed by atoms with E-state index in [1.807, 2.05) is 12.1 Å². The topological polar surface area (TPSA) is 54.3 Å². The standard InChI is InChI=1S/C21H18FN3O2/c22-14-7-5-13(6-8-14)11-24-17-4-2-1-3-15(17)16-9-18-21(27)23-10-20(26)25(18)12-19(16)24/h1-8,18H,9-12H2,(H,23,27). The van der Waals surface area contributed by atoms with Crippen LogP contribution >= 0.6 is 0 Å². The van der Waals surface area contributed by atoms with Crippen molar-refractivity contribution < 1.29 is 14.0 Å². The molecule has 5 rings (SSSR count). The van der Waals surface area contributed by atoms with E-state index in [1.165, 1.54) is 12.1 Å². The van der Waals surface area contributed by atoms with Gasteiger partial charge in [0.05, 0.1) is 13.1 Å². The van der Waals surface area contributed by atoms with Crippen molar-refractivity contribution in [2.24, 2.45) is 0 Å². The number of hydrogen-bond acceptors (Lipinski definition) is 2. The fourth-order valence-electron chi connectivity index (χ4n) is 4.24. The van der Waals surface area contributed by atoms with Crippen molar-refractivity contribution >= 4 is 22.7 Å². The molecule has 1 aromatic heterocycles. The number of carbonyl (C=O) groups is 2. The van der Waals surface area contributed by atoms with Crippen LogP contribution in [-0.4, -0.2) is 33.9 Å². The molecule has 2 amide bonds. The number of carbonyl (C=O) groups excluding carboxylic acids is 2. The molecule has 6 heteroatoms. The Hall–Kier alpha value is -3.15. The number of para-hydroxylation sites is 1. The Balaban J connectivity index is 1.64. The first-order valence-electron chi connectivity index (χ1n) is 9.02. The maximum absolute atomic E-state index is 13.3. The van der Waals surface area contributed by atoms with E-state index in [0.717, 1.165) is 27.7 Å². The zero-order chi connectivity index (χ0) is 18.5. The molecule has 1 unspecified atom stereocenters. The predicted molar refractivity (Wildman–Crippen MR) is 98.5 cm³/mol. The van der Waals surface area contributed by atoms with Crippen molar-refractivity contribution in [3.05, 3.63) is 71.2 Å². The van der Waals surface area contributed by atoms with Gasteiger partial charge in [0, 0.05) is 29.6 Å². The van der Waals surface area contributed by atoms with Crippen LogP contribution in [-0.2, 0) is 29.1 Å². The minimum Gasteiger partial charge on any atom is -0.345 e. The molecule has 0 radical (unpaired) electrons. The molecule has 1 N–H and O–H groups in total. The van der Waals surface area contributed by atoms with Crippen molar-refractivity contribution in [1.29, 1.82) is 0 Å². The molecule has 2 aliphatic rings. The summed E-state index contributed by atoms with van der Waals surface area (Å²) >= 11 is 0. The summed E-state index contributed by atoms with van der Waals surface area (Å²) in [6.45, 7) is 1.07. The molecular weight excluding hydrogens is 345 g/mol. The van der Waals surface area contributed by atoms with Crippen LogP contribution in [0.15, 0.2) is 48.5 Å². The Morgan fingerprint density at radius 3 is 2.67 bits per heavy atom. The monoisotopic (exact) mass is 363 g/mol. The summed E-state index contributed by atoms with van der Waals surface area (Å²) in [6, 6.07) is 14.1. The van der Waals surface area contributed by atoms with Crippen molar-refractivity contribution in [1.82, 2.24) is 14.8 Å². The molecule has 1 saturated heterocycles. The van der Waals surface area contributed by atoms with Crippen LogP contribution < -0.4 is 5.32 Å². The summed E-state index contributed by atoms with van der Waals surface area (Å²) < 4.78 is 15.5. The third-order valence-electron chi connectivity index (χ3n) is 5.58. The lowest BCUT2D eigenvalue weighted by atomic mass is 9.94. The van der Waals surface area contributed by atoms with Gasteiger partial charge in [0.1, 0.15) is 11.9 Å². The number of benzene rings is 2. The Morgan fingerprint density at radius 1 is 1.07 bits per heavy atom. The van der Waals surface area contributed by atoms with Gasteiger partial charge in [-0.2, -0.15) is 0 Å².